The Morgan fingerprint density at radius 3 is 2.20 bits per heavy atom. The summed E-state index contributed by atoms with van der Waals surface area (Å²) in [6.07, 6.45) is 5.16. The van der Waals surface area contributed by atoms with Crippen LogP contribution >= 0.6 is 0 Å². The molecule has 0 aromatic rings. The number of carboxylic acids is 1. The summed E-state index contributed by atoms with van der Waals surface area (Å²) in [5.74, 6) is -0.853. The summed E-state index contributed by atoms with van der Waals surface area (Å²) in [5, 5.41) is 10.1. The number of amides is 1. The van der Waals surface area contributed by atoms with Gasteiger partial charge in [-0.2, -0.15) is 0 Å². The number of piperidine rings is 1. The van der Waals surface area contributed by atoms with Crippen LogP contribution in [0.15, 0.2) is 0 Å². The molecule has 1 fully saturated rings. The molecule has 1 heterocycles. The van der Waals surface area contributed by atoms with Crippen molar-refractivity contribution in [2.75, 3.05) is 13.1 Å². The molecule has 0 bridgehead atoms. The van der Waals surface area contributed by atoms with Crippen molar-refractivity contribution in [1.29, 1.82) is 0 Å². The van der Waals surface area contributed by atoms with Crippen molar-refractivity contribution in [2.45, 2.75) is 44.9 Å². The minimum atomic E-state index is -1.03. The lowest BCUT2D eigenvalue weighted by molar-refractivity contribution is -0.305. The van der Waals surface area contributed by atoms with E-state index in [0.29, 0.717) is 19.3 Å². The average molecular weight is 212 g/mol. The first-order valence-electron chi connectivity index (χ1n) is 5.68. The monoisotopic (exact) mass is 212 g/mol. The van der Waals surface area contributed by atoms with E-state index in [0.717, 1.165) is 25.9 Å². The van der Waals surface area contributed by atoms with E-state index in [1.54, 1.807) is 0 Å². The van der Waals surface area contributed by atoms with E-state index >= 15 is 0 Å². The number of hydrogen-bond acceptors (Lipinski definition) is 3. The molecule has 0 atom stereocenters. The lowest BCUT2D eigenvalue weighted by atomic mass is 10.1. The SMILES string of the molecule is O=C([O-])CCCCC(=O)N1CCCCC1. The fourth-order valence-electron chi connectivity index (χ4n) is 1.85. The third-order valence-electron chi connectivity index (χ3n) is 2.73. The van der Waals surface area contributed by atoms with E-state index in [1.165, 1.54) is 6.42 Å². The summed E-state index contributed by atoms with van der Waals surface area (Å²) in [6.45, 7) is 1.75. The maximum atomic E-state index is 11.6. The summed E-state index contributed by atoms with van der Waals surface area (Å²) >= 11 is 0. The van der Waals surface area contributed by atoms with Gasteiger partial charge in [0.1, 0.15) is 0 Å². The maximum absolute atomic E-state index is 11.6. The Hall–Kier alpha value is -1.06. The van der Waals surface area contributed by atoms with Crippen LogP contribution in [-0.4, -0.2) is 29.9 Å². The van der Waals surface area contributed by atoms with Gasteiger partial charge in [-0.25, -0.2) is 0 Å². The van der Waals surface area contributed by atoms with Crippen molar-refractivity contribution in [3.63, 3.8) is 0 Å². The van der Waals surface area contributed by atoms with Crippen LogP contribution in [0.3, 0.4) is 0 Å². The van der Waals surface area contributed by atoms with Gasteiger partial charge in [0, 0.05) is 25.5 Å². The lowest BCUT2D eigenvalue weighted by Gasteiger charge is -2.26. The highest BCUT2D eigenvalue weighted by Gasteiger charge is 2.15. The first kappa shape index (κ1) is 12.0. The molecule has 4 nitrogen and oxygen atoms in total. The maximum Gasteiger partial charge on any atom is 0.222 e. The number of unbranched alkanes of at least 4 members (excludes halogenated alkanes) is 1. The van der Waals surface area contributed by atoms with Crippen LogP contribution in [0.25, 0.3) is 0 Å². The van der Waals surface area contributed by atoms with Crippen LogP contribution in [0.1, 0.15) is 44.9 Å². The van der Waals surface area contributed by atoms with Gasteiger partial charge in [-0.3, -0.25) is 4.79 Å². The minimum absolute atomic E-state index is 0.0628. The summed E-state index contributed by atoms with van der Waals surface area (Å²) in [4.78, 5) is 23.6. The number of rotatable bonds is 5. The Labute approximate surface area is 90.3 Å². The molecule has 0 saturated carbocycles. The zero-order valence-electron chi connectivity index (χ0n) is 9.04. The summed E-state index contributed by atoms with van der Waals surface area (Å²) in [5.41, 5.74) is 0. The first-order valence-corrected chi connectivity index (χ1v) is 5.68. The van der Waals surface area contributed by atoms with Crippen LogP contribution in [0.2, 0.25) is 0 Å². The van der Waals surface area contributed by atoms with Gasteiger partial charge in [0.05, 0.1) is 0 Å². The number of carbonyl (C=O) groups is 2. The molecule has 4 heteroatoms. The van der Waals surface area contributed by atoms with Crippen molar-refractivity contribution < 1.29 is 14.7 Å². The topological polar surface area (TPSA) is 60.4 Å². The Kier molecular flexibility index (Phi) is 5.15. The van der Waals surface area contributed by atoms with Crippen molar-refractivity contribution in [2.24, 2.45) is 0 Å². The van der Waals surface area contributed by atoms with E-state index in [1.807, 2.05) is 4.90 Å². The van der Waals surface area contributed by atoms with Crippen LogP contribution < -0.4 is 5.11 Å². The molecule has 0 spiro atoms. The van der Waals surface area contributed by atoms with Crippen LogP contribution in [0.5, 0.6) is 0 Å². The van der Waals surface area contributed by atoms with E-state index in [-0.39, 0.29) is 12.3 Å². The van der Waals surface area contributed by atoms with Gasteiger partial charge in [0.25, 0.3) is 0 Å². The molecule has 15 heavy (non-hydrogen) atoms. The standard InChI is InChI=1S/C11H19NO3/c13-10(6-2-3-7-11(14)15)12-8-4-1-5-9-12/h1-9H2,(H,14,15)/p-1. The zero-order valence-corrected chi connectivity index (χ0v) is 9.04. The van der Waals surface area contributed by atoms with Crippen molar-refractivity contribution in [1.82, 2.24) is 4.90 Å². The molecule has 1 rings (SSSR count). The minimum Gasteiger partial charge on any atom is -0.550 e. The number of nitrogens with zero attached hydrogens (tertiary/aromatic N) is 1. The van der Waals surface area contributed by atoms with Crippen LogP contribution in [0.4, 0.5) is 0 Å². The number of likely N-dealkylation sites (tertiary alicyclic amines) is 1. The third-order valence-corrected chi connectivity index (χ3v) is 2.73. The molecule has 1 aliphatic rings. The Morgan fingerprint density at radius 2 is 1.60 bits per heavy atom. The normalized spacial score (nSPS) is 16.4. The lowest BCUT2D eigenvalue weighted by Crippen LogP contribution is -2.35. The zero-order chi connectivity index (χ0) is 11.1. The number of carboxylic acid groups (broad SMARTS) is 1. The molecule has 0 N–H and O–H groups in total. The predicted molar refractivity (Wildman–Crippen MR) is 53.9 cm³/mol. The molecule has 1 aliphatic heterocycles. The highest BCUT2D eigenvalue weighted by Crippen LogP contribution is 2.11. The number of hydrogen-bond donors (Lipinski definition) is 0. The van der Waals surface area contributed by atoms with Gasteiger partial charge in [-0.1, -0.05) is 0 Å². The molecule has 1 amide bonds. The first-order chi connectivity index (χ1) is 7.20. The molecule has 86 valence electrons. The quantitative estimate of drug-likeness (QED) is 0.616. The summed E-state index contributed by atoms with van der Waals surface area (Å²) < 4.78 is 0. The van der Waals surface area contributed by atoms with E-state index in [2.05, 4.69) is 0 Å². The van der Waals surface area contributed by atoms with Crippen LogP contribution in [0, 0.1) is 0 Å². The third kappa shape index (κ3) is 4.81. The Bertz CT molecular complexity index is 222. The van der Waals surface area contributed by atoms with E-state index in [4.69, 9.17) is 0 Å². The van der Waals surface area contributed by atoms with Gasteiger partial charge < -0.3 is 14.8 Å². The molecule has 0 aromatic heterocycles. The predicted octanol–water partition coefficient (Wildman–Crippen LogP) is 0.309. The second-order valence-electron chi connectivity index (χ2n) is 4.02. The second-order valence-corrected chi connectivity index (χ2v) is 4.02. The Morgan fingerprint density at radius 1 is 1.00 bits per heavy atom. The van der Waals surface area contributed by atoms with Gasteiger partial charge in [0.15, 0.2) is 0 Å². The van der Waals surface area contributed by atoms with E-state index < -0.39 is 5.97 Å². The second kappa shape index (κ2) is 6.43. The molecular formula is C11H18NO3-. The van der Waals surface area contributed by atoms with Crippen molar-refractivity contribution >= 4 is 11.9 Å². The summed E-state index contributed by atoms with van der Waals surface area (Å²) in [7, 11) is 0. The average Bonchev–Trinajstić information content (AvgIpc) is 2.25. The highest BCUT2D eigenvalue weighted by atomic mass is 16.4. The summed E-state index contributed by atoms with van der Waals surface area (Å²) in [6, 6.07) is 0. The Balaban J connectivity index is 2.09. The molecule has 0 unspecified atom stereocenters. The van der Waals surface area contributed by atoms with Gasteiger partial charge >= 0.3 is 0 Å². The smallest absolute Gasteiger partial charge is 0.222 e. The largest absolute Gasteiger partial charge is 0.550 e. The molecule has 1 saturated heterocycles. The molecule has 0 radical (unpaired) electrons. The van der Waals surface area contributed by atoms with E-state index in [9.17, 15) is 14.7 Å². The van der Waals surface area contributed by atoms with Gasteiger partial charge in [0.2, 0.25) is 5.91 Å². The fourth-order valence-corrected chi connectivity index (χ4v) is 1.85. The number of aliphatic carboxylic acids is 1. The van der Waals surface area contributed by atoms with Gasteiger partial charge in [-0.05, 0) is 38.5 Å². The number of carbonyl (C=O) groups excluding carboxylic acids is 2. The van der Waals surface area contributed by atoms with Gasteiger partial charge in [-0.15, -0.1) is 0 Å². The highest BCUT2D eigenvalue weighted by molar-refractivity contribution is 5.76. The van der Waals surface area contributed by atoms with Crippen LogP contribution in [-0.2, 0) is 9.59 Å². The molecular weight excluding hydrogens is 194 g/mol. The van der Waals surface area contributed by atoms with Crippen molar-refractivity contribution in [3.8, 4) is 0 Å². The van der Waals surface area contributed by atoms with Crippen molar-refractivity contribution in [3.05, 3.63) is 0 Å². The molecule has 0 aromatic carbocycles. The fraction of sp³-hybridized carbons (Fsp3) is 0.818. The molecule has 0 aliphatic carbocycles.